The Hall–Kier alpha value is -0.580. The lowest BCUT2D eigenvalue weighted by Crippen LogP contribution is -2.51. The molecule has 1 N–H and O–H groups in total. The van der Waals surface area contributed by atoms with Gasteiger partial charge in [-0.3, -0.25) is 4.79 Å². The minimum Gasteiger partial charge on any atom is -0.340 e. The summed E-state index contributed by atoms with van der Waals surface area (Å²) in [5.74, 6) is 0.259. The van der Waals surface area contributed by atoms with Crippen molar-refractivity contribution in [3.63, 3.8) is 0 Å². The molecular formula is C12H19ClN2OS. The first-order chi connectivity index (χ1) is 7.65. The van der Waals surface area contributed by atoms with E-state index < -0.39 is 0 Å². The predicted molar refractivity (Wildman–Crippen MR) is 74.1 cm³/mol. The van der Waals surface area contributed by atoms with Crippen molar-refractivity contribution in [2.45, 2.75) is 26.3 Å². The number of nitrogens with one attached hydrogen (secondary N) is 1. The van der Waals surface area contributed by atoms with Crippen molar-refractivity contribution in [2.75, 3.05) is 19.6 Å². The maximum absolute atomic E-state index is 12.0. The van der Waals surface area contributed by atoms with E-state index in [-0.39, 0.29) is 18.3 Å². The highest BCUT2D eigenvalue weighted by molar-refractivity contribution is 7.12. The Morgan fingerprint density at radius 3 is 2.94 bits per heavy atom. The van der Waals surface area contributed by atoms with Gasteiger partial charge in [0, 0.05) is 35.4 Å². The number of carbonyl (C=O) groups excluding carboxylic acids is 1. The zero-order valence-corrected chi connectivity index (χ0v) is 11.9. The average Bonchev–Trinajstić information content (AvgIpc) is 2.64. The number of hydrogen-bond donors (Lipinski definition) is 1. The summed E-state index contributed by atoms with van der Waals surface area (Å²) in [5.41, 5.74) is 0. The largest absolute Gasteiger partial charge is 0.340 e. The van der Waals surface area contributed by atoms with Gasteiger partial charge in [-0.2, -0.15) is 0 Å². The van der Waals surface area contributed by atoms with Crippen molar-refractivity contribution < 1.29 is 4.79 Å². The number of thiophene rings is 1. The fraction of sp³-hybridized carbons (Fsp3) is 0.583. The third-order valence-electron chi connectivity index (χ3n) is 2.84. The van der Waals surface area contributed by atoms with Gasteiger partial charge >= 0.3 is 0 Å². The Bertz CT molecular complexity index is 380. The number of carbonyl (C=O) groups is 1. The van der Waals surface area contributed by atoms with E-state index in [1.54, 1.807) is 11.3 Å². The minimum atomic E-state index is 0. The van der Waals surface area contributed by atoms with E-state index in [1.165, 1.54) is 9.75 Å². The molecule has 0 bridgehead atoms. The third kappa shape index (κ3) is 3.98. The topological polar surface area (TPSA) is 32.3 Å². The lowest BCUT2D eigenvalue weighted by molar-refractivity contribution is -0.131. The van der Waals surface area contributed by atoms with Gasteiger partial charge in [0.05, 0.1) is 6.42 Å². The summed E-state index contributed by atoms with van der Waals surface area (Å²) in [6.07, 6.45) is 0.561. The average molecular weight is 275 g/mol. The molecule has 1 saturated heterocycles. The first-order valence-electron chi connectivity index (χ1n) is 5.71. The van der Waals surface area contributed by atoms with E-state index >= 15 is 0 Å². The molecule has 0 aliphatic carbocycles. The molecule has 1 aliphatic rings. The van der Waals surface area contributed by atoms with Crippen molar-refractivity contribution in [1.82, 2.24) is 10.2 Å². The summed E-state index contributed by atoms with van der Waals surface area (Å²) < 4.78 is 0. The van der Waals surface area contributed by atoms with Gasteiger partial charge in [0.2, 0.25) is 5.91 Å². The fourth-order valence-corrected chi connectivity index (χ4v) is 2.88. The van der Waals surface area contributed by atoms with E-state index in [4.69, 9.17) is 0 Å². The molecule has 1 unspecified atom stereocenters. The summed E-state index contributed by atoms with van der Waals surface area (Å²) >= 11 is 1.72. The normalized spacial score (nSPS) is 19.9. The van der Waals surface area contributed by atoms with Gasteiger partial charge in [-0.25, -0.2) is 0 Å². The molecule has 0 saturated carbocycles. The highest BCUT2D eigenvalue weighted by Gasteiger charge is 2.20. The highest BCUT2D eigenvalue weighted by Crippen LogP contribution is 2.16. The summed E-state index contributed by atoms with van der Waals surface area (Å²) in [6, 6.07) is 4.56. The molecule has 1 fully saturated rings. The number of halogens is 1. The van der Waals surface area contributed by atoms with Crippen LogP contribution in [0.5, 0.6) is 0 Å². The fourth-order valence-electron chi connectivity index (χ4n) is 2.00. The van der Waals surface area contributed by atoms with Crippen LogP contribution in [0.1, 0.15) is 16.7 Å². The molecule has 1 aromatic heterocycles. The van der Waals surface area contributed by atoms with Gasteiger partial charge in [0.25, 0.3) is 0 Å². The van der Waals surface area contributed by atoms with Gasteiger partial charge in [0.1, 0.15) is 0 Å². The smallest absolute Gasteiger partial charge is 0.227 e. The molecule has 0 radical (unpaired) electrons. The Morgan fingerprint density at radius 1 is 1.59 bits per heavy atom. The molecule has 1 atom stereocenters. The second-order valence-corrected chi connectivity index (χ2v) is 5.76. The maximum Gasteiger partial charge on any atom is 0.227 e. The molecule has 0 aromatic carbocycles. The number of aryl methyl sites for hydroxylation is 1. The van der Waals surface area contributed by atoms with Gasteiger partial charge < -0.3 is 10.2 Å². The first kappa shape index (κ1) is 14.5. The van der Waals surface area contributed by atoms with Crippen molar-refractivity contribution in [2.24, 2.45) is 0 Å². The quantitative estimate of drug-likeness (QED) is 0.893. The van der Waals surface area contributed by atoms with E-state index in [1.807, 2.05) is 4.90 Å². The van der Waals surface area contributed by atoms with Crippen molar-refractivity contribution in [3.8, 4) is 0 Å². The van der Waals surface area contributed by atoms with Crippen LogP contribution < -0.4 is 5.32 Å². The second kappa shape index (κ2) is 6.38. The first-order valence-corrected chi connectivity index (χ1v) is 6.53. The van der Waals surface area contributed by atoms with Crippen LogP contribution in [0.25, 0.3) is 0 Å². The zero-order valence-electron chi connectivity index (χ0n) is 10.2. The van der Waals surface area contributed by atoms with E-state index in [2.05, 4.69) is 31.3 Å². The van der Waals surface area contributed by atoms with E-state index in [0.29, 0.717) is 12.5 Å². The number of amides is 1. The molecule has 17 heavy (non-hydrogen) atoms. The van der Waals surface area contributed by atoms with E-state index in [9.17, 15) is 4.79 Å². The predicted octanol–water partition coefficient (Wildman–Crippen LogP) is 1.84. The highest BCUT2D eigenvalue weighted by atomic mass is 35.5. The number of nitrogens with zero attached hydrogens (tertiary/aromatic N) is 1. The second-order valence-electron chi connectivity index (χ2n) is 4.38. The summed E-state index contributed by atoms with van der Waals surface area (Å²) in [7, 11) is 0. The summed E-state index contributed by atoms with van der Waals surface area (Å²) in [6.45, 7) is 6.79. The molecule has 1 amide bonds. The standard InChI is InChI=1S/C12H18N2OS.ClH/c1-9-8-14(6-5-13-9)12(15)7-11-4-3-10(2)16-11;/h3-4,9,13H,5-8H2,1-2H3;1H. The SMILES string of the molecule is Cc1ccc(CC(=O)N2CCNC(C)C2)s1.Cl. The van der Waals surface area contributed by atoms with Crippen LogP contribution >= 0.6 is 23.7 Å². The lowest BCUT2D eigenvalue weighted by atomic mass is 10.2. The van der Waals surface area contributed by atoms with Crippen LogP contribution in [0.2, 0.25) is 0 Å². The van der Waals surface area contributed by atoms with Crippen LogP contribution in [0, 0.1) is 6.92 Å². The van der Waals surface area contributed by atoms with Gasteiger partial charge in [0.15, 0.2) is 0 Å². The molecule has 3 nitrogen and oxygen atoms in total. The Balaban J connectivity index is 0.00000144. The molecule has 0 spiro atoms. The van der Waals surface area contributed by atoms with Gasteiger partial charge in [-0.1, -0.05) is 0 Å². The van der Waals surface area contributed by atoms with E-state index in [0.717, 1.165) is 19.6 Å². The molecule has 1 aromatic rings. The van der Waals surface area contributed by atoms with Crippen molar-refractivity contribution >= 4 is 29.7 Å². The number of hydrogen-bond acceptors (Lipinski definition) is 3. The van der Waals surface area contributed by atoms with Gasteiger partial charge in [-0.15, -0.1) is 23.7 Å². The Labute approximate surface area is 113 Å². The van der Waals surface area contributed by atoms with Crippen LogP contribution in [0.15, 0.2) is 12.1 Å². The van der Waals surface area contributed by atoms with Crippen molar-refractivity contribution in [1.29, 1.82) is 0 Å². The summed E-state index contributed by atoms with van der Waals surface area (Å²) in [5, 5.41) is 3.34. The number of piperazine rings is 1. The minimum absolute atomic E-state index is 0. The molecule has 2 heterocycles. The van der Waals surface area contributed by atoms with Gasteiger partial charge in [-0.05, 0) is 26.0 Å². The van der Waals surface area contributed by atoms with Crippen molar-refractivity contribution in [3.05, 3.63) is 21.9 Å². The van der Waals surface area contributed by atoms with Crippen LogP contribution in [-0.2, 0) is 11.2 Å². The van der Waals surface area contributed by atoms with Crippen LogP contribution in [0.4, 0.5) is 0 Å². The molecular weight excluding hydrogens is 256 g/mol. The molecule has 2 rings (SSSR count). The zero-order chi connectivity index (χ0) is 11.5. The maximum atomic E-state index is 12.0. The third-order valence-corrected chi connectivity index (χ3v) is 3.84. The lowest BCUT2D eigenvalue weighted by Gasteiger charge is -2.31. The molecule has 5 heteroatoms. The number of rotatable bonds is 2. The molecule has 96 valence electrons. The Kier molecular flexibility index (Phi) is 5.43. The monoisotopic (exact) mass is 274 g/mol. The van der Waals surface area contributed by atoms with Crippen LogP contribution in [0.3, 0.4) is 0 Å². The summed E-state index contributed by atoms with van der Waals surface area (Å²) in [4.78, 5) is 16.4. The van der Waals surface area contributed by atoms with Crippen LogP contribution in [-0.4, -0.2) is 36.5 Å². The Morgan fingerprint density at radius 2 is 2.35 bits per heavy atom. The molecule has 1 aliphatic heterocycles.